The molecule has 2 aliphatic rings. The number of morpholine rings is 1. The lowest BCUT2D eigenvalue weighted by Gasteiger charge is -2.33. The quantitative estimate of drug-likeness (QED) is 0.524. The standard InChI is InChI=1S/C26H27N5O2/c1-18-4-7-21(8-5-18)26(32)10-2-3-22-24(26)31-17-19(6-9-23(31)29-22)20-15-27-25(28-16-20)30-11-13-33-14-12-30/h4-9,15-17,32H,2-3,10-14H2,1H3. The first-order chi connectivity index (χ1) is 16.1. The lowest BCUT2D eigenvalue weighted by molar-refractivity contribution is 0.0558. The van der Waals surface area contributed by atoms with E-state index < -0.39 is 5.60 Å². The number of rotatable bonds is 3. The number of nitrogens with zero attached hydrogens (tertiary/aromatic N) is 5. The lowest BCUT2D eigenvalue weighted by Crippen LogP contribution is -2.37. The molecule has 4 heterocycles. The fourth-order valence-corrected chi connectivity index (χ4v) is 5.01. The molecule has 0 spiro atoms. The van der Waals surface area contributed by atoms with Crippen molar-refractivity contribution >= 4 is 11.6 Å². The predicted molar refractivity (Wildman–Crippen MR) is 126 cm³/mol. The van der Waals surface area contributed by atoms with Crippen molar-refractivity contribution in [3.8, 4) is 11.1 Å². The molecule has 33 heavy (non-hydrogen) atoms. The number of pyridine rings is 1. The van der Waals surface area contributed by atoms with Gasteiger partial charge < -0.3 is 14.7 Å². The Morgan fingerprint density at radius 2 is 1.73 bits per heavy atom. The van der Waals surface area contributed by atoms with E-state index in [1.54, 1.807) is 0 Å². The molecule has 1 N–H and O–H groups in total. The fourth-order valence-electron chi connectivity index (χ4n) is 5.01. The molecular weight excluding hydrogens is 414 g/mol. The Kier molecular flexibility index (Phi) is 4.89. The van der Waals surface area contributed by atoms with Crippen LogP contribution in [0.4, 0.5) is 5.95 Å². The molecule has 0 saturated carbocycles. The van der Waals surface area contributed by atoms with Crippen LogP contribution in [0.25, 0.3) is 16.8 Å². The second-order valence-electron chi connectivity index (χ2n) is 9.00. The summed E-state index contributed by atoms with van der Waals surface area (Å²) in [6, 6.07) is 12.2. The summed E-state index contributed by atoms with van der Waals surface area (Å²) in [7, 11) is 0. The second kappa shape index (κ2) is 7.93. The molecule has 6 rings (SSSR count). The Labute approximate surface area is 192 Å². The van der Waals surface area contributed by atoms with Crippen LogP contribution < -0.4 is 4.90 Å². The van der Waals surface area contributed by atoms with E-state index in [-0.39, 0.29) is 0 Å². The van der Waals surface area contributed by atoms with Crippen LogP contribution in [0.15, 0.2) is 55.0 Å². The van der Waals surface area contributed by atoms with Crippen molar-refractivity contribution in [3.05, 3.63) is 77.5 Å². The maximum absolute atomic E-state index is 11.9. The molecule has 7 heteroatoms. The van der Waals surface area contributed by atoms with Crippen molar-refractivity contribution in [1.29, 1.82) is 0 Å². The number of hydrogen-bond acceptors (Lipinski definition) is 6. The van der Waals surface area contributed by atoms with Gasteiger partial charge in [-0.2, -0.15) is 0 Å². The third-order valence-electron chi connectivity index (χ3n) is 6.83. The number of aryl methyl sites for hydroxylation is 2. The predicted octanol–water partition coefficient (Wildman–Crippen LogP) is 3.51. The van der Waals surface area contributed by atoms with E-state index in [4.69, 9.17) is 9.72 Å². The van der Waals surface area contributed by atoms with Gasteiger partial charge in [-0.05, 0) is 43.9 Å². The van der Waals surface area contributed by atoms with Gasteiger partial charge in [-0.3, -0.25) is 4.40 Å². The van der Waals surface area contributed by atoms with E-state index in [1.807, 2.05) is 36.7 Å². The van der Waals surface area contributed by atoms with Crippen LogP contribution >= 0.6 is 0 Å². The van der Waals surface area contributed by atoms with E-state index in [9.17, 15) is 5.11 Å². The third-order valence-corrected chi connectivity index (χ3v) is 6.83. The molecule has 0 amide bonds. The smallest absolute Gasteiger partial charge is 0.225 e. The maximum atomic E-state index is 11.9. The number of aliphatic hydroxyl groups is 1. The minimum atomic E-state index is -1.06. The molecule has 1 unspecified atom stereocenters. The van der Waals surface area contributed by atoms with Crippen molar-refractivity contribution in [2.24, 2.45) is 0 Å². The highest BCUT2D eigenvalue weighted by Crippen LogP contribution is 2.41. The lowest BCUT2D eigenvalue weighted by atomic mass is 9.80. The minimum absolute atomic E-state index is 0.679. The zero-order chi connectivity index (χ0) is 22.4. The van der Waals surface area contributed by atoms with Gasteiger partial charge in [0, 0.05) is 42.8 Å². The third kappa shape index (κ3) is 3.48. The monoisotopic (exact) mass is 441 g/mol. The molecule has 3 aromatic heterocycles. The van der Waals surface area contributed by atoms with Crippen LogP contribution in [0.1, 0.15) is 35.4 Å². The van der Waals surface area contributed by atoms with Crippen molar-refractivity contribution in [3.63, 3.8) is 0 Å². The number of aromatic nitrogens is 4. The molecule has 1 saturated heterocycles. The summed E-state index contributed by atoms with van der Waals surface area (Å²) in [5.74, 6) is 0.733. The number of imidazole rings is 1. The van der Waals surface area contributed by atoms with Gasteiger partial charge in [-0.15, -0.1) is 0 Å². The summed E-state index contributed by atoms with van der Waals surface area (Å²) < 4.78 is 7.48. The van der Waals surface area contributed by atoms with Crippen molar-refractivity contribution in [2.45, 2.75) is 31.8 Å². The molecule has 1 aromatic carbocycles. The molecule has 168 valence electrons. The number of hydrogen-bond donors (Lipinski definition) is 1. The minimum Gasteiger partial charge on any atom is -0.379 e. The van der Waals surface area contributed by atoms with Crippen molar-refractivity contribution in [2.75, 3.05) is 31.2 Å². The molecule has 0 bridgehead atoms. The number of anilines is 1. The first-order valence-electron chi connectivity index (χ1n) is 11.6. The van der Waals surface area contributed by atoms with Crippen LogP contribution in [0.5, 0.6) is 0 Å². The van der Waals surface area contributed by atoms with Gasteiger partial charge in [0.05, 0.1) is 24.6 Å². The Morgan fingerprint density at radius 3 is 2.48 bits per heavy atom. The number of benzene rings is 1. The van der Waals surface area contributed by atoms with Gasteiger partial charge in [0.2, 0.25) is 5.95 Å². The van der Waals surface area contributed by atoms with Crippen LogP contribution in [-0.4, -0.2) is 50.8 Å². The topological polar surface area (TPSA) is 75.8 Å². The molecule has 1 aliphatic carbocycles. The largest absolute Gasteiger partial charge is 0.379 e. The van der Waals surface area contributed by atoms with E-state index in [0.29, 0.717) is 19.6 Å². The van der Waals surface area contributed by atoms with Gasteiger partial charge in [0.1, 0.15) is 11.2 Å². The van der Waals surface area contributed by atoms with E-state index in [0.717, 1.165) is 65.6 Å². The number of fused-ring (bicyclic) bond motifs is 3. The van der Waals surface area contributed by atoms with Crippen LogP contribution in [0.3, 0.4) is 0 Å². The van der Waals surface area contributed by atoms with Crippen LogP contribution in [-0.2, 0) is 16.8 Å². The van der Waals surface area contributed by atoms with Gasteiger partial charge >= 0.3 is 0 Å². The first-order valence-corrected chi connectivity index (χ1v) is 11.6. The summed E-state index contributed by atoms with van der Waals surface area (Å²) in [6.07, 6.45) is 8.25. The highest BCUT2D eigenvalue weighted by atomic mass is 16.5. The fraction of sp³-hybridized carbons (Fsp3) is 0.346. The van der Waals surface area contributed by atoms with E-state index in [2.05, 4.69) is 44.5 Å². The van der Waals surface area contributed by atoms with Gasteiger partial charge in [-0.25, -0.2) is 15.0 Å². The average Bonchev–Trinajstić information content (AvgIpc) is 3.24. The average molecular weight is 442 g/mol. The molecule has 1 aliphatic heterocycles. The highest BCUT2D eigenvalue weighted by molar-refractivity contribution is 5.64. The summed E-state index contributed by atoms with van der Waals surface area (Å²) in [5, 5.41) is 11.9. The normalized spacial score (nSPS) is 20.7. The summed E-state index contributed by atoms with van der Waals surface area (Å²) in [4.78, 5) is 16.2. The Hall–Kier alpha value is -3.29. The summed E-state index contributed by atoms with van der Waals surface area (Å²) in [5.41, 5.74) is 5.66. The van der Waals surface area contributed by atoms with Gasteiger partial charge in [-0.1, -0.05) is 29.8 Å². The Morgan fingerprint density at radius 1 is 0.970 bits per heavy atom. The van der Waals surface area contributed by atoms with Crippen LogP contribution in [0.2, 0.25) is 0 Å². The molecule has 1 atom stereocenters. The summed E-state index contributed by atoms with van der Waals surface area (Å²) in [6.45, 7) is 5.09. The second-order valence-corrected chi connectivity index (χ2v) is 9.00. The SMILES string of the molecule is Cc1ccc(C2(O)CCCc3nc4ccc(-c5cnc(N6CCOCC6)nc5)cn4c32)cc1. The molecule has 1 fully saturated rings. The Bertz CT molecular complexity index is 1290. The van der Waals surface area contributed by atoms with E-state index >= 15 is 0 Å². The molecule has 7 nitrogen and oxygen atoms in total. The van der Waals surface area contributed by atoms with Crippen LogP contribution in [0, 0.1) is 6.92 Å². The van der Waals surface area contributed by atoms with Crippen molar-refractivity contribution < 1.29 is 9.84 Å². The molecular formula is C26H27N5O2. The number of ether oxygens (including phenoxy) is 1. The zero-order valence-electron chi connectivity index (χ0n) is 18.7. The van der Waals surface area contributed by atoms with Gasteiger partial charge in [0.25, 0.3) is 0 Å². The highest BCUT2D eigenvalue weighted by Gasteiger charge is 2.40. The van der Waals surface area contributed by atoms with Crippen molar-refractivity contribution in [1.82, 2.24) is 19.4 Å². The zero-order valence-corrected chi connectivity index (χ0v) is 18.7. The maximum Gasteiger partial charge on any atom is 0.225 e. The first kappa shape index (κ1) is 20.3. The van der Waals surface area contributed by atoms with E-state index in [1.165, 1.54) is 5.56 Å². The Balaban J connectivity index is 1.41. The van der Waals surface area contributed by atoms with Gasteiger partial charge in [0.15, 0.2) is 0 Å². The molecule has 0 radical (unpaired) electrons. The summed E-state index contributed by atoms with van der Waals surface area (Å²) >= 11 is 0. The molecule has 4 aromatic rings.